The van der Waals surface area contributed by atoms with Crippen molar-refractivity contribution < 1.29 is 9.84 Å². The molecule has 0 aliphatic heterocycles. The maximum Gasteiger partial charge on any atom is 0.323 e. The van der Waals surface area contributed by atoms with Crippen molar-refractivity contribution in [3.63, 3.8) is 0 Å². The van der Waals surface area contributed by atoms with Crippen molar-refractivity contribution in [2.45, 2.75) is 26.2 Å². The van der Waals surface area contributed by atoms with E-state index in [0.29, 0.717) is 19.1 Å². The number of ether oxygens (including phenoxy) is 1. The average molecular weight is 241 g/mol. The minimum atomic E-state index is 0.135. The molecule has 1 heterocycles. The second kappa shape index (κ2) is 7.61. The van der Waals surface area contributed by atoms with Gasteiger partial charge in [-0.1, -0.05) is 6.92 Å². The number of anilines is 2. The van der Waals surface area contributed by atoms with Crippen LogP contribution in [0.3, 0.4) is 0 Å². The lowest BCUT2D eigenvalue weighted by Gasteiger charge is -2.07. The molecule has 0 saturated carbocycles. The van der Waals surface area contributed by atoms with Gasteiger partial charge in [-0.15, -0.1) is 0 Å². The van der Waals surface area contributed by atoms with Gasteiger partial charge in [-0.3, -0.25) is 0 Å². The fourth-order valence-corrected chi connectivity index (χ4v) is 1.15. The molecule has 7 nitrogen and oxygen atoms in total. The van der Waals surface area contributed by atoms with Gasteiger partial charge in [-0.05, 0) is 19.3 Å². The van der Waals surface area contributed by atoms with E-state index in [2.05, 4.69) is 20.3 Å². The number of aliphatic hydroxyl groups is 1. The highest BCUT2D eigenvalue weighted by atomic mass is 16.5. The summed E-state index contributed by atoms with van der Waals surface area (Å²) < 4.78 is 5.28. The number of rotatable bonds is 8. The van der Waals surface area contributed by atoms with Crippen LogP contribution in [0, 0.1) is 0 Å². The van der Waals surface area contributed by atoms with Gasteiger partial charge in [-0.2, -0.15) is 15.0 Å². The zero-order chi connectivity index (χ0) is 12.5. The predicted octanol–water partition coefficient (Wildman–Crippen LogP) is 0.427. The monoisotopic (exact) mass is 241 g/mol. The number of hydrogen-bond acceptors (Lipinski definition) is 7. The topological polar surface area (TPSA) is 106 Å². The van der Waals surface area contributed by atoms with E-state index in [1.54, 1.807) is 0 Å². The molecule has 0 amide bonds. The minimum Gasteiger partial charge on any atom is -0.463 e. The molecule has 0 bridgehead atoms. The van der Waals surface area contributed by atoms with E-state index in [0.717, 1.165) is 19.3 Å². The Balaban J connectivity index is 2.50. The maximum absolute atomic E-state index is 8.64. The summed E-state index contributed by atoms with van der Waals surface area (Å²) in [6, 6.07) is 0.240. The van der Waals surface area contributed by atoms with E-state index in [1.165, 1.54) is 0 Å². The van der Waals surface area contributed by atoms with Gasteiger partial charge < -0.3 is 20.9 Å². The van der Waals surface area contributed by atoms with Crippen LogP contribution in [0.4, 0.5) is 11.9 Å². The Kier molecular flexibility index (Phi) is 6.02. The number of hydrogen-bond donors (Lipinski definition) is 3. The Morgan fingerprint density at radius 2 is 2.12 bits per heavy atom. The predicted molar refractivity (Wildman–Crippen MR) is 64.8 cm³/mol. The van der Waals surface area contributed by atoms with Gasteiger partial charge in [-0.25, -0.2) is 0 Å². The average Bonchev–Trinajstić information content (AvgIpc) is 2.31. The summed E-state index contributed by atoms with van der Waals surface area (Å²) in [5.41, 5.74) is 5.54. The molecule has 1 aromatic rings. The Hall–Kier alpha value is -1.63. The van der Waals surface area contributed by atoms with Crippen LogP contribution in [0.1, 0.15) is 26.2 Å². The van der Waals surface area contributed by atoms with Crippen LogP contribution in [0.15, 0.2) is 0 Å². The van der Waals surface area contributed by atoms with Crippen LogP contribution in [-0.4, -0.2) is 39.8 Å². The van der Waals surface area contributed by atoms with Crippen molar-refractivity contribution in [2.75, 3.05) is 30.8 Å². The molecule has 17 heavy (non-hydrogen) atoms. The molecule has 0 aliphatic rings. The van der Waals surface area contributed by atoms with Crippen molar-refractivity contribution in [2.24, 2.45) is 0 Å². The normalized spacial score (nSPS) is 10.2. The first kappa shape index (κ1) is 13.4. The number of aliphatic hydroxyl groups excluding tert-OH is 1. The lowest BCUT2D eigenvalue weighted by atomic mass is 10.3. The van der Waals surface area contributed by atoms with Crippen molar-refractivity contribution in [1.82, 2.24) is 15.0 Å². The van der Waals surface area contributed by atoms with Crippen LogP contribution >= 0.6 is 0 Å². The number of nitrogens with zero attached hydrogens (tertiary/aromatic N) is 3. The Morgan fingerprint density at radius 3 is 2.82 bits per heavy atom. The van der Waals surface area contributed by atoms with E-state index in [-0.39, 0.29) is 18.6 Å². The SMILES string of the molecule is CCCOc1nc(N)nc(NCCCCO)n1. The third-order valence-electron chi connectivity index (χ3n) is 1.94. The quantitative estimate of drug-likeness (QED) is 0.566. The third kappa shape index (κ3) is 5.30. The van der Waals surface area contributed by atoms with Crippen molar-refractivity contribution in [1.29, 1.82) is 0 Å². The molecule has 0 unspecified atom stereocenters. The van der Waals surface area contributed by atoms with Gasteiger partial charge in [0.05, 0.1) is 6.61 Å². The molecule has 1 aromatic heterocycles. The number of aromatic nitrogens is 3. The first-order valence-corrected chi connectivity index (χ1v) is 5.75. The van der Waals surface area contributed by atoms with E-state index < -0.39 is 0 Å². The summed E-state index contributed by atoms with van der Waals surface area (Å²) in [7, 11) is 0. The lowest BCUT2D eigenvalue weighted by molar-refractivity contribution is 0.286. The molecule has 0 fully saturated rings. The van der Waals surface area contributed by atoms with E-state index >= 15 is 0 Å². The minimum absolute atomic E-state index is 0.135. The number of nitrogen functional groups attached to an aromatic ring is 1. The van der Waals surface area contributed by atoms with Crippen molar-refractivity contribution in [3.05, 3.63) is 0 Å². The van der Waals surface area contributed by atoms with Crippen LogP contribution in [0.5, 0.6) is 6.01 Å². The molecule has 0 spiro atoms. The van der Waals surface area contributed by atoms with Gasteiger partial charge in [0.1, 0.15) is 0 Å². The second-order valence-corrected chi connectivity index (χ2v) is 3.51. The highest BCUT2D eigenvalue weighted by Crippen LogP contribution is 2.09. The first-order valence-electron chi connectivity index (χ1n) is 5.75. The van der Waals surface area contributed by atoms with Gasteiger partial charge in [0.15, 0.2) is 0 Å². The molecule has 0 aromatic carbocycles. The molecule has 0 radical (unpaired) electrons. The summed E-state index contributed by atoms with van der Waals surface area (Å²) in [6.45, 7) is 3.41. The molecule has 96 valence electrons. The summed E-state index contributed by atoms with van der Waals surface area (Å²) >= 11 is 0. The van der Waals surface area contributed by atoms with Crippen molar-refractivity contribution in [3.8, 4) is 6.01 Å². The fraction of sp³-hybridized carbons (Fsp3) is 0.700. The molecular weight excluding hydrogens is 222 g/mol. The van der Waals surface area contributed by atoms with Gasteiger partial charge >= 0.3 is 6.01 Å². The smallest absolute Gasteiger partial charge is 0.323 e. The lowest BCUT2D eigenvalue weighted by Crippen LogP contribution is -2.10. The highest BCUT2D eigenvalue weighted by Gasteiger charge is 2.04. The third-order valence-corrected chi connectivity index (χ3v) is 1.94. The Morgan fingerprint density at radius 1 is 1.29 bits per heavy atom. The molecule has 0 saturated heterocycles. The molecule has 7 heteroatoms. The number of nitrogens with two attached hydrogens (primary N) is 1. The van der Waals surface area contributed by atoms with E-state index in [9.17, 15) is 0 Å². The van der Waals surface area contributed by atoms with Gasteiger partial charge in [0, 0.05) is 13.2 Å². The maximum atomic E-state index is 8.64. The Bertz CT molecular complexity index is 334. The van der Waals surface area contributed by atoms with E-state index in [1.807, 2.05) is 6.92 Å². The molecule has 4 N–H and O–H groups in total. The van der Waals surface area contributed by atoms with Gasteiger partial charge in [0.25, 0.3) is 0 Å². The van der Waals surface area contributed by atoms with Crippen LogP contribution in [0.25, 0.3) is 0 Å². The zero-order valence-corrected chi connectivity index (χ0v) is 10.0. The van der Waals surface area contributed by atoms with Crippen LogP contribution < -0.4 is 15.8 Å². The standard InChI is InChI=1S/C10H19N5O2/c1-2-7-17-10-14-8(11)13-9(15-10)12-5-3-4-6-16/h16H,2-7H2,1H3,(H3,11,12,13,14,15). The Labute approximate surface area is 100 Å². The molecule has 0 aliphatic carbocycles. The van der Waals surface area contributed by atoms with Crippen LogP contribution in [0.2, 0.25) is 0 Å². The second-order valence-electron chi connectivity index (χ2n) is 3.51. The highest BCUT2D eigenvalue weighted by molar-refractivity contribution is 5.32. The molecule has 0 atom stereocenters. The van der Waals surface area contributed by atoms with E-state index in [4.69, 9.17) is 15.6 Å². The summed E-state index contributed by atoms with van der Waals surface area (Å²) in [6.07, 6.45) is 2.46. The molecular formula is C10H19N5O2. The van der Waals surface area contributed by atoms with Crippen LogP contribution in [-0.2, 0) is 0 Å². The largest absolute Gasteiger partial charge is 0.463 e. The fourth-order valence-electron chi connectivity index (χ4n) is 1.15. The number of unbranched alkanes of at least 4 members (excludes halogenated alkanes) is 1. The summed E-state index contributed by atoms with van der Waals surface area (Å²) in [4.78, 5) is 11.9. The molecule has 1 rings (SSSR count). The first-order chi connectivity index (χ1) is 8.26. The summed E-state index contributed by atoms with van der Waals surface area (Å²) in [5, 5.41) is 11.6. The van der Waals surface area contributed by atoms with Crippen molar-refractivity contribution >= 4 is 11.9 Å². The number of nitrogens with one attached hydrogen (secondary N) is 1. The van der Waals surface area contributed by atoms with Gasteiger partial charge in [0.2, 0.25) is 11.9 Å². The summed E-state index contributed by atoms with van der Waals surface area (Å²) in [5.74, 6) is 0.539. The zero-order valence-electron chi connectivity index (χ0n) is 10.0.